The Morgan fingerprint density at radius 1 is 1.05 bits per heavy atom. The maximum absolute atomic E-state index is 15.0. The van der Waals surface area contributed by atoms with Crippen LogP contribution in [0.1, 0.15) is 47.3 Å². The largest absolute Gasteiger partial charge is 0.485 e. The molecule has 6 rings (SSSR count). The number of hydrogen-bond donors (Lipinski definition) is 0. The molecule has 1 aromatic carbocycles. The first kappa shape index (κ1) is 26.1. The van der Waals surface area contributed by atoms with E-state index in [4.69, 9.17) is 4.74 Å². The molecule has 12 heteroatoms. The third kappa shape index (κ3) is 4.75. The van der Waals surface area contributed by atoms with Gasteiger partial charge in [0.2, 0.25) is 0 Å². The number of benzene rings is 1. The van der Waals surface area contributed by atoms with Crippen molar-refractivity contribution in [2.24, 2.45) is 0 Å². The molecular weight excluding hydrogens is 530 g/mol. The second kappa shape index (κ2) is 9.83. The Morgan fingerprint density at radius 2 is 1.85 bits per heavy atom. The van der Waals surface area contributed by atoms with Crippen LogP contribution in [0.2, 0.25) is 0 Å². The molecule has 0 saturated carbocycles. The number of carbonyl (C=O) groups is 2. The van der Waals surface area contributed by atoms with E-state index >= 15 is 4.39 Å². The highest BCUT2D eigenvalue weighted by Gasteiger charge is 2.43. The molecule has 3 aliphatic heterocycles. The van der Waals surface area contributed by atoms with E-state index in [1.165, 1.54) is 17.0 Å². The summed E-state index contributed by atoms with van der Waals surface area (Å²) >= 11 is 0. The van der Waals surface area contributed by atoms with Crippen molar-refractivity contribution in [2.45, 2.75) is 49.9 Å². The van der Waals surface area contributed by atoms with Crippen LogP contribution in [0.4, 0.5) is 23.4 Å². The number of pyridine rings is 1. The number of rotatable bonds is 4. The molecule has 0 bridgehead atoms. The number of alkyl halides is 3. The van der Waals surface area contributed by atoms with E-state index in [9.17, 15) is 22.8 Å². The molecule has 3 aliphatic rings. The van der Waals surface area contributed by atoms with Crippen molar-refractivity contribution in [1.29, 1.82) is 0 Å². The summed E-state index contributed by atoms with van der Waals surface area (Å²) in [5.41, 5.74) is 0.417. The molecule has 2 saturated heterocycles. The predicted octanol–water partition coefficient (Wildman–Crippen LogP) is 4.47. The molecule has 0 radical (unpaired) electrons. The third-order valence-corrected chi connectivity index (χ3v) is 7.93. The van der Waals surface area contributed by atoms with E-state index in [2.05, 4.69) is 15.0 Å². The molecule has 3 aromatic rings. The first-order valence-electron chi connectivity index (χ1n) is 13.0. The summed E-state index contributed by atoms with van der Waals surface area (Å²) in [6.45, 7) is 1.50. The number of hydrogen-bond acceptors (Lipinski definition) is 7. The van der Waals surface area contributed by atoms with Crippen LogP contribution < -0.4 is 9.64 Å². The van der Waals surface area contributed by atoms with E-state index in [0.717, 1.165) is 24.2 Å². The maximum atomic E-state index is 15.0. The highest BCUT2D eigenvalue weighted by Crippen LogP contribution is 2.42. The number of nitrogens with zero attached hydrogens (tertiary/aromatic N) is 5. The number of piperidine rings is 1. The van der Waals surface area contributed by atoms with Gasteiger partial charge in [-0.2, -0.15) is 13.2 Å². The second-order valence-electron chi connectivity index (χ2n) is 10.4. The normalized spacial score (nSPS) is 19.9. The molecule has 0 aliphatic carbocycles. The molecule has 0 unspecified atom stereocenters. The summed E-state index contributed by atoms with van der Waals surface area (Å²) in [6.07, 6.45) is 2.86. The average Bonchev–Trinajstić information content (AvgIpc) is 3.56. The van der Waals surface area contributed by atoms with Crippen LogP contribution in [-0.4, -0.2) is 63.3 Å². The Labute approximate surface area is 227 Å². The molecule has 1 amide bonds. The molecule has 2 aromatic heterocycles. The maximum Gasteiger partial charge on any atom is 0.434 e. The molecule has 40 heavy (non-hydrogen) atoms. The lowest BCUT2D eigenvalue weighted by Gasteiger charge is -2.39. The molecule has 2 fully saturated rings. The minimum Gasteiger partial charge on any atom is -0.485 e. The van der Waals surface area contributed by atoms with Gasteiger partial charge in [-0.15, -0.1) is 0 Å². The lowest BCUT2D eigenvalue weighted by molar-refractivity contribution is -0.141. The molecule has 1 spiro atoms. The summed E-state index contributed by atoms with van der Waals surface area (Å²) in [4.78, 5) is 39.3. The second-order valence-corrected chi connectivity index (χ2v) is 10.4. The van der Waals surface area contributed by atoms with Gasteiger partial charge in [-0.25, -0.2) is 14.4 Å². The fourth-order valence-electron chi connectivity index (χ4n) is 5.73. The number of aldehydes is 1. The van der Waals surface area contributed by atoms with Crippen molar-refractivity contribution in [3.8, 4) is 17.0 Å². The standard InChI is InChI=1S/C28H25F4N5O3/c29-21-10-17(3-4-20(21)26(39)37-7-1-2-19(37)16-38)22-11-18-12-27(40-23(18)13-33-22)5-8-36(9-6-27)25-15-34-24(14-35-25)28(30,31)32/h3-4,10-11,13-16,19H,1-2,5-9,12H2/t19-/m0/s1. The highest BCUT2D eigenvalue weighted by molar-refractivity contribution is 5.96. The summed E-state index contributed by atoms with van der Waals surface area (Å²) < 4.78 is 59.7. The van der Waals surface area contributed by atoms with Crippen molar-refractivity contribution in [2.75, 3.05) is 24.5 Å². The number of halogens is 4. The first-order valence-corrected chi connectivity index (χ1v) is 13.0. The van der Waals surface area contributed by atoms with Crippen molar-refractivity contribution in [3.63, 3.8) is 0 Å². The number of anilines is 1. The minimum absolute atomic E-state index is 0.0783. The molecule has 208 valence electrons. The average molecular weight is 556 g/mol. The monoisotopic (exact) mass is 555 g/mol. The van der Waals surface area contributed by atoms with E-state index < -0.39 is 35.2 Å². The summed E-state index contributed by atoms with van der Waals surface area (Å²) in [5.74, 6) is -0.136. The van der Waals surface area contributed by atoms with Crippen LogP contribution in [0.25, 0.3) is 11.3 Å². The fourth-order valence-corrected chi connectivity index (χ4v) is 5.73. The van der Waals surface area contributed by atoms with Crippen LogP contribution >= 0.6 is 0 Å². The number of fused-ring (bicyclic) bond motifs is 1. The predicted molar refractivity (Wildman–Crippen MR) is 135 cm³/mol. The lowest BCUT2D eigenvalue weighted by atomic mass is 9.87. The van der Waals surface area contributed by atoms with Gasteiger partial charge in [0, 0.05) is 50.0 Å². The van der Waals surface area contributed by atoms with Crippen LogP contribution in [0.15, 0.2) is 42.9 Å². The van der Waals surface area contributed by atoms with Gasteiger partial charge in [0.25, 0.3) is 5.91 Å². The number of aromatic nitrogens is 3. The van der Waals surface area contributed by atoms with Crippen molar-refractivity contribution in [1.82, 2.24) is 19.9 Å². The molecular formula is C28H25F4N5O3. The molecule has 0 N–H and O–H groups in total. The van der Waals surface area contributed by atoms with Gasteiger partial charge in [0.1, 0.15) is 29.3 Å². The van der Waals surface area contributed by atoms with Crippen molar-refractivity contribution >= 4 is 18.0 Å². The van der Waals surface area contributed by atoms with Gasteiger partial charge in [0.05, 0.1) is 35.9 Å². The Balaban J connectivity index is 1.13. The van der Waals surface area contributed by atoms with Gasteiger partial charge in [0.15, 0.2) is 5.69 Å². The van der Waals surface area contributed by atoms with E-state index in [1.54, 1.807) is 12.3 Å². The SMILES string of the molecule is O=C[C@@H]1CCCN1C(=O)c1ccc(-c2cc3c(cn2)OC2(CCN(c4cnc(C(F)(F)F)cn4)CC2)C3)cc1F. The minimum atomic E-state index is -4.53. The van der Waals surface area contributed by atoms with Gasteiger partial charge in [-0.3, -0.25) is 9.78 Å². The topological polar surface area (TPSA) is 88.5 Å². The van der Waals surface area contributed by atoms with Crippen molar-refractivity contribution in [3.05, 3.63) is 65.5 Å². The van der Waals surface area contributed by atoms with Gasteiger partial charge < -0.3 is 19.3 Å². The highest BCUT2D eigenvalue weighted by atomic mass is 19.4. The molecule has 5 heterocycles. The van der Waals surface area contributed by atoms with E-state index in [0.29, 0.717) is 74.6 Å². The summed E-state index contributed by atoms with van der Waals surface area (Å²) in [6, 6.07) is 5.69. The fraction of sp³-hybridized carbons (Fsp3) is 0.393. The van der Waals surface area contributed by atoms with Gasteiger partial charge >= 0.3 is 6.18 Å². The first-order chi connectivity index (χ1) is 19.2. The number of likely N-dealkylation sites (tertiary alicyclic amines) is 1. The zero-order valence-electron chi connectivity index (χ0n) is 21.3. The number of ether oxygens (including phenoxy) is 1. The zero-order valence-corrected chi connectivity index (χ0v) is 21.3. The van der Waals surface area contributed by atoms with E-state index in [1.807, 2.05) is 11.0 Å². The lowest BCUT2D eigenvalue weighted by Crippen LogP contribution is -2.47. The van der Waals surface area contributed by atoms with Crippen LogP contribution in [0.3, 0.4) is 0 Å². The van der Waals surface area contributed by atoms with Crippen LogP contribution in [0, 0.1) is 5.82 Å². The van der Waals surface area contributed by atoms with Crippen LogP contribution in [-0.2, 0) is 17.4 Å². The smallest absolute Gasteiger partial charge is 0.434 e. The Bertz CT molecular complexity index is 1460. The third-order valence-electron chi connectivity index (χ3n) is 7.93. The van der Waals surface area contributed by atoms with Gasteiger partial charge in [-0.05, 0) is 31.0 Å². The Morgan fingerprint density at radius 3 is 2.52 bits per heavy atom. The van der Waals surface area contributed by atoms with Crippen LogP contribution in [0.5, 0.6) is 5.75 Å². The Hall–Kier alpha value is -4.09. The number of carbonyl (C=O) groups excluding carboxylic acids is 2. The van der Waals surface area contributed by atoms with Gasteiger partial charge in [-0.1, -0.05) is 6.07 Å². The Kier molecular flexibility index (Phi) is 6.42. The van der Waals surface area contributed by atoms with Crippen molar-refractivity contribution < 1.29 is 31.9 Å². The van der Waals surface area contributed by atoms with E-state index in [-0.39, 0.29) is 5.56 Å². The quantitative estimate of drug-likeness (QED) is 0.347. The molecule has 8 nitrogen and oxygen atoms in total. The summed E-state index contributed by atoms with van der Waals surface area (Å²) in [7, 11) is 0. The number of amides is 1. The summed E-state index contributed by atoms with van der Waals surface area (Å²) in [5, 5.41) is 0. The molecule has 1 atom stereocenters. The zero-order chi connectivity index (χ0) is 28.1.